The minimum atomic E-state index is 0.0247. The first kappa shape index (κ1) is 9.68. The summed E-state index contributed by atoms with van der Waals surface area (Å²) >= 11 is 0. The molecule has 3 nitrogen and oxygen atoms in total. The van der Waals surface area contributed by atoms with Gasteiger partial charge in [-0.3, -0.25) is 9.69 Å². The average molecular weight is 171 g/mol. The van der Waals surface area contributed by atoms with E-state index >= 15 is 0 Å². The summed E-state index contributed by atoms with van der Waals surface area (Å²) in [6.07, 6.45) is 1.05. The molecule has 0 spiro atoms. The number of hydrogen-bond donors (Lipinski definition) is 0. The Labute approximate surface area is 73.7 Å². The number of carbonyl (C=O) groups is 1. The first-order valence-electron chi connectivity index (χ1n) is 4.43. The van der Waals surface area contributed by atoms with Gasteiger partial charge < -0.3 is 4.74 Å². The Kier molecular flexibility index (Phi) is 3.23. The molecule has 1 saturated heterocycles. The lowest BCUT2D eigenvalue weighted by Crippen LogP contribution is -2.42. The maximum absolute atomic E-state index is 11.1. The Morgan fingerprint density at radius 1 is 1.67 bits per heavy atom. The van der Waals surface area contributed by atoms with Crippen molar-refractivity contribution in [1.29, 1.82) is 0 Å². The fourth-order valence-electron chi connectivity index (χ4n) is 1.45. The molecule has 1 aliphatic rings. The second kappa shape index (κ2) is 4.01. The molecule has 1 rings (SSSR count). The molecule has 0 N–H and O–H groups in total. The minimum absolute atomic E-state index is 0.0247. The van der Waals surface area contributed by atoms with Gasteiger partial charge in [0.25, 0.3) is 0 Å². The number of ether oxygens (including phenoxy) is 1. The third kappa shape index (κ3) is 2.05. The second-order valence-corrected chi connectivity index (χ2v) is 3.47. The van der Waals surface area contributed by atoms with Gasteiger partial charge in [0, 0.05) is 12.6 Å². The summed E-state index contributed by atoms with van der Waals surface area (Å²) in [7, 11) is 1.99. The van der Waals surface area contributed by atoms with Crippen LogP contribution in [0.3, 0.4) is 0 Å². The van der Waals surface area contributed by atoms with Gasteiger partial charge in [-0.15, -0.1) is 0 Å². The van der Waals surface area contributed by atoms with Gasteiger partial charge in [-0.25, -0.2) is 0 Å². The van der Waals surface area contributed by atoms with Gasteiger partial charge in [0.1, 0.15) is 5.78 Å². The Morgan fingerprint density at radius 3 is 2.75 bits per heavy atom. The van der Waals surface area contributed by atoms with Crippen molar-refractivity contribution in [2.24, 2.45) is 0 Å². The summed E-state index contributed by atoms with van der Waals surface area (Å²) < 4.78 is 5.26. The van der Waals surface area contributed by atoms with Crippen molar-refractivity contribution >= 4 is 5.78 Å². The quantitative estimate of drug-likeness (QED) is 0.625. The van der Waals surface area contributed by atoms with E-state index in [4.69, 9.17) is 4.74 Å². The number of nitrogens with zero attached hydrogens (tertiary/aromatic N) is 1. The number of hydrogen-bond acceptors (Lipinski definition) is 3. The van der Waals surface area contributed by atoms with Gasteiger partial charge in [0.2, 0.25) is 0 Å². The highest BCUT2D eigenvalue weighted by Crippen LogP contribution is 2.13. The molecule has 0 bridgehead atoms. The fraction of sp³-hybridized carbons (Fsp3) is 0.889. The molecule has 1 heterocycles. The molecule has 2 atom stereocenters. The molecule has 0 saturated carbocycles. The Balaban J connectivity index is 2.44. The lowest BCUT2D eigenvalue weighted by molar-refractivity contribution is -0.121. The van der Waals surface area contributed by atoms with Crippen LogP contribution in [-0.2, 0) is 9.53 Å². The van der Waals surface area contributed by atoms with E-state index in [-0.39, 0.29) is 11.8 Å². The Morgan fingerprint density at radius 2 is 2.33 bits per heavy atom. The number of rotatable bonds is 3. The number of Topliss-reactive ketones (excluding diaryl/α,β-unsaturated/α-hetero) is 1. The van der Waals surface area contributed by atoms with Crippen LogP contribution in [0.25, 0.3) is 0 Å². The van der Waals surface area contributed by atoms with Crippen LogP contribution in [0.15, 0.2) is 0 Å². The van der Waals surface area contributed by atoms with E-state index < -0.39 is 0 Å². The molecule has 2 unspecified atom stereocenters. The predicted molar refractivity (Wildman–Crippen MR) is 47.1 cm³/mol. The standard InChI is InChI=1S/C9H17NO2/c1-7(8(2)11)10(3)9-4-5-12-6-9/h7,9H,4-6H2,1-3H3. The largest absolute Gasteiger partial charge is 0.380 e. The zero-order valence-corrected chi connectivity index (χ0v) is 8.04. The number of carbonyl (C=O) groups excluding carboxylic acids is 1. The zero-order valence-electron chi connectivity index (χ0n) is 8.04. The van der Waals surface area contributed by atoms with Crippen LogP contribution < -0.4 is 0 Å². The molecule has 70 valence electrons. The van der Waals surface area contributed by atoms with Crippen LogP contribution in [0, 0.1) is 0 Å². The van der Waals surface area contributed by atoms with E-state index in [1.807, 2.05) is 14.0 Å². The Hall–Kier alpha value is -0.410. The lowest BCUT2D eigenvalue weighted by atomic mass is 10.1. The van der Waals surface area contributed by atoms with Gasteiger partial charge in [0.15, 0.2) is 0 Å². The van der Waals surface area contributed by atoms with Crippen LogP contribution in [0.5, 0.6) is 0 Å². The highest BCUT2D eigenvalue weighted by molar-refractivity contribution is 5.80. The van der Waals surface area contributed by atoms with Gasteiger partial charge in [-0.1, -0.05) is 0 Å². The normalized spacial score (nSPS) is 26.2. The molecule has 12 heavy (non-hydrogen) atoms. The van der Waals surface area contributed by atoms with Crippen molar-refractivity contribution in [3.63, 3.8) is 0 Å². The van der Waals surface area contributed by atoms with Gasteiger partial charge in [0.05, 0.1) is 12.6 Å². The summed E-state index contributed by atoms with van der Waals surface area (Å²) in [6, 6.07) is 0.459. The van der Waals surface area contributed by atoms with E-state index in [0.717, 1.165) is 19.6 Å². The van der Waals surface area contributed by atoms with Crippen LogP contribution in [-0.4, -0.2) is 43.0 Å². The van der Waals surface area contributed by atoms with Crippen molar-refractivity contribution in [3.8, 4) is 0 Å². The SMILES string of the molecule is CC(=O)C(C)N(C)C1CCOC1. The fourth-order valence-corrected chi connectivity index (χ4v) is 1.45. The summed E-state index contributed by atoms with van der Waals surface area (Å²) in [5.74, 6) is 0.226. The molecule has 0 aliphatic carbocycles. The summed E-state index contributed by atoms with van der Waals surface area (Å²) in [6.45, 7) is 5.19. The molecule has 3 heteroatoms. The predicted octanol–water partition coefficient (Wildman–Crippen LogP) is 0.685. The molecular weight excluding hydrogens is 154 g/mol. The van der Waals surface area contributed by atoms with Crippen molar-refractivity contribution in [3.05, 3.63) is 0 Å². The zero-order chi connectivity index (χ0) is 9.14. The van der Waals surface area contributed by atoms with Crippen molar-refractivity contribution < 1.29 is 9.53 Å². The molecule has 0 aromatic heterocycles. The molecule has 0 aromatic carbocycles. The van der Waals surface area contributed by atoms with Crippen LogP contribution >= 0.6 is 0 Å². The maximum atomic E-state index is 11.1. The Bertz CT molecular complexity index is 164. The molecule has 1 aliphatic heterocycles. The van der Waals surface area contributed by atoms with Crippen LogP contribution in [0.1, 0.15) is 20.3 Å². The van der Waals surface area contributed by atoms with Crippen molar-refractivity contribution in [1.82, 2.24) is 4.90 Å². The summed E-state index contributed by atoms with van der Waals surface area (Å²) in [5, 5.41) is 0. The van der Waals surface area contributed by atoms with Crippen molar-refractivity contribution in [2.75, 3.05) is 20.3 Å². The van der Waals surface area contributed by atoms with E-state index in [0.29, 0.717) is 6.04 Å². The third-order valence-corrected chi connectivity index (χ3v) is 2.68. The van der Waals surface area contributed by atoms with Crippen molar-refractivity contribution in [2.45, 2.75) is 32.4 Å². The van der Waals surface area contributed by atoms with E-state index in [2.05, 4.69) is 4.90 Å². The van der Waals surface area contributed by atoms with Gasteiger partial charge >= 0.3 is 0 Å². The van der Waals surface area contributed by atoms with E-state index in [1.54, 1.807) is 6.92 Å². The molecular formula is C9H17NO2. The molecule has 1 fully saturated rings. The average Bonchev–Trinajstić information content (AvgIpc) is 2.53. The monoisotopic (exact) mass is 171 g/mol. The van der Waals surface area contributed by atoms with Crippen LogP contribution in [0.2, 0.25) is 0 Å². The smallest absolute Gasteiger partial charge is 0.146 e. The lowest BCUT2D eigenvalue weighted by Gasteiger charge is -2.27. The molecule has 0 amide bonds. The number of ketones is 1. The first-order valence-corrected chi connectivity index (χ1v) is 4.43. The minimum Gasteiger partial charge on any atom is -0.380 e. The highest BCUT2D eigenvalue weighted by Gasteiger charge is 2.25. The molecule has 0 aromatic rings. The number of likely N-dealkylation sites (N-methyl/N-ethyl adjacent to an activating group) is 1. The van der Waals surface area contributed by atoms with Gasteiger partial charge in [-0.2, -0.15) is 0 Å². The topological polar surface area (TPSA) is 29.5 Å². The second-order valence-electron chi connectivity index (χ2n) is 3.47. The maximum Gasteiger partial charge on any atom is 0.146 e. The van der Waals surface area contributed by atoms with Crippen LogP contribution in [0.4, 0.5) is 0 Å². The van der Waals surface area contributed by atoms with E-state index in [9.17, 15) is 4.79 Å². The first-order chi connectivity index (χ1) is 5.63. The molecule has 0 radical (unpaired) electrons. The summed E-state index contributed by atoms with van der Waals surface area (Å²) in [5.41, 5.74) is 0. The summed E-state index contributed by atoms with van der Waals surface area (Å²) in [4.78, 5) is 13.2. The van der Waals surface area contributed by atoms with E-state index in [1.165, 1.54) is 0 Å². The third-order valence-electron chi connectivity index (χ3n) is 2.68. The highest BCUT2D eigenvalue weighted by atomic mass is 16.5. The van der Waals surface area contributed by atoms with Gasteiger partial charge in [-0.05, 0) is 27.3 Å².